The highest BCUT2D eigenvalue weighted by molar-refractivity contribution is 6.35. The van der Waals surface area contributed by atoms with Crippen LogP contribution < -0.4 is 15.4 Å². The molecule has 146 valence electrons. The predicted octanol–water partition coefficient (Wildman–Crippen LogP) is 4.09. The van der Waals surface area contributed by atoms with Crippen molar-refractivity contribution in [3.63, 3.8) is 0 Å². The third-order valence-corrected chi connectivity index (χ3v) is 4.04. The number of aliphatic hydroxyl groups excluding tert-OH is 1. The molecule has 26 heavy (non-hydrogen) atoms. The van der Waals surface area contributed by atoms with Crippen LogP contribution in [0.4, 0.5) is 0 Å². The third kappa shape index (κ3) is 8.78. The number of rotatable bonds is 10. The van der Waals surface area contributed by atoms with E-state index in [0.29, 0.717) is 29.7 Å². The zero-order chi connectivity index (χ0) is 17.2. The van der Waals surface area contributed by atoms with Gasteiger partial charge >= 0.3 is 0 Å². The molecule has 2 rings (SSSR count). The van der Waals surface area contributed by atoms with Crippen molar-refractivity contribution in [3.8, 4) is 5.75 Å². The number of ether oxygens (including phenoxy) is 1. The van der Waals surface area contributed by atoms with Crippen LogP contribution in [0.5, 0.6) is 5.75 Å². The van der Waals surface area contributed by atoms with E-state index in [1.165, 1.54) is 0 Å². The quantitative estimate of drug-likeness (QED) is 0.486. The Morgan fingerprint density at radius 3 is 2.35 bits per heavy atom. The van der Waals surface area contributed by atoms with Gasteiger partial charge in [0.2, 0.25) is 0 Å². The van der Waals surface area contributed by atoms with Gasteiger partial charge in [-0.25, -0.2) is 0 Å². The summed E-state index contributed by atoms with van der Waals surface area (Å²) >= 11 is 12.1. The molecule has 0 aromatic heterocycles. The molecule has 0 heterocycles. The van der Waals surface area contributed by atoms with Crippen molar-refractivity contribution in [1.29, 1.82) is 0 Å². The van der Waals surface area contributed by atoms with Crippen molar-refractivity contribution in [1.82, 2.24) is 10.6 Å². The minimum atomic E-state index is 0. The van der Waals surface area contributed by atoms with Crippen molar-refractivity contribution in [2.24, 2.45) is 0 Å². The Kier molecular flexibility index (Phi) is 14.0. The van der Waals surface area contributed by atoms with Crippen LogP contribution in [-0.4, -0.2) is 31.3 Å². The van der Waals surface area contributed by atoms with E-state index in [-0.39, 0.29) is 31.4 Å². The average molecular weight is 442 g/mol. The maximum atomic E-state index is 8.71. The van der Waals surface area contributed by atoms with E-state index >= 15 is 0 Å². The molecule has 0 unspecified atom stereocenters. The molecule has 3 N–H and O–H groups in total. The van der Waals surface area contributed by atoms with E-state index in [0.717, 1.165) is 30.0 Å². The molecular formula is C18H24Cl4N2O2. The molecule has 0 fully saturated rings. The first-order valence-corrected chi connectivity index (χ1v) is 8.63. The van der Waals surface area contributed by atoms with E-state index < -0.39 is 0 Å². The van der Waals surface area contributed by atoms with Gasteiger partial charge in [-0.2, -0.15) is 0 Å². The minimum absolute atomic E-state index is 0. The number of aliphatic hydroxyl groups is 1. The minimum Gasteiger partial charge on any atom is -0.489 e. The molecule has 0 aliphatic heterocycles. The number of nitrogens with one attached hydrogen (secondary N) is 2. The molecule has 0 saturated heterocycles. The lowest BCUT2D eigenvalue weighted by Crippen LogP contribution is -2.28. The summed E-state index contributed by atoms with van der Waals surface area (Å²) in [6, 6.07) is 13.3. The highest BCUT2D eigenvalue weighted by atomic mass is 35.5. The zero-order valence-electron chi connectivity index (χ0n) is 14.2. The molecule has 2 aromatic rings. The average Bonchev–Trinajstić information content (AvgIpc) is 2.58. The Morgan fingerprint density at radius 2 is 1.62 bits per heavy atom. The molecule has 0 bridgehead atoms. The first-order valence-electron chi connectivity index (χ1n) is 7.87. The molecule has 0 aliphatic carbocycles. The smallest absolute Gasteiger partial charge is 0.124 e. The lowest BCUT2D eigenvalue weighted by atomic mass is 10.2. The number of para-hydroxylation sites is 1. The van der Waals surface area contributed by atoms with Crippen molar-refractivity contribution in [2.75, 3.05) is 26.2 Å². The van der Waals surface area contributed by atoms with Gasteiger partial charge in [0.25, 0.3) is 0 Å². The second kappa shape index (κ2) is 14.4. The van der Waals surface area contributed by atoms with Gasteiger partial charge in [-0.1, -0.05) is 47.5 Å². The van der Waals surface area contributed by atoms with E-state index in [4.69, 9.17) is 33.0 Å². The molecule has 0 atom stereocenters. The van der Waals surface area contributed by atoms with Gasteiger partial charge in [-0.15, -0.1) is 24.8 Å². The summed E-state index contributed by atoms with van der Waals surface area (Å²) in [6.07, 6.45) is 0. The normalized spacial score (nSPS) is 9.96. The summed E-state index contributed by atoms with van der Waals surface area (Å²) in [6.45, 7) is 3.50. The first-order chi connectivity index (χ1) is 11.7. The molecule has 2 aromatic carbocycles. The SMILES string of the molecule is Cl.Cl.OCCNCCNCc1ccccc1OCc1ccc(Cl)cc1Cl. The van der Waals surface area contributed by atoms with Gasteiger partial charge in [0.1, 0.15) is 12.4 Å². The molecule has 0 saturated carbocycles. The molecule has 0 radical (unpaired) electrons. The molecular weight excluding hydrogens is 418 g/mol. The standard InChI is InChI=1S/C18H22Cl2N2O2.2ClH/c19-16-6-5-15(17(20)11-16)13-24-18-4-2-1-3-14(18)12-22-8-7-21-9-10-23;;/h1-6,11,21-23H,7-10,12-13H2;2*1H. The summed E-state index contributed by atoms with van der Waals surface area (Å²) in [4.78, 5) is 0. The zero-order valence-corrected chi connectivity index (χ0v) is 17.4. The molecule has 4 nitrogen and oxygen atoms in total. The lowest BCUT2D eigenvalue weighted by molar-refractivity contribution is 0.292. The monoisotopic (exact) mass is 440 g/mol. The van der Waals surface area contributed by atoms with Crippen molar-refractivity contribution in [3.05, 3.63) is 63.6 Å². The van der Waals surface area contributed by atoms with E-state index in [1.807, 2.05) is 30.3 Å². The number of hydrogen-bond acceptors (Lipinski definition) is 4. The summed E-state index contributed by atoms with van der Waals surface area (Å²) in [5.74, 6) is 0.833. The first kappa shape index (κ1) is 25.3. The largest absolute Gasteiger partial charge is 0.489 e. The topological polar surface area (TPSA) is 53.5 Å². The van der Waals surface area contributed by atoms with Gasteiger partial charge < -0.3 is 20.5 Å². The Morgan fingerprint density at radius 1 is 0.885 bits per heavy atom. The van der Waals surface area contributed by atoms with Crippen LogP contribution in [0, 0.1) is 0 Å². The maximum Gasteiger partial charge on any atom is 0.124 e. The fraction of sp³-hybridized carbons (Fsp3) is 0.333. The highest BCUT2D eigenvalue weighted by Crippen LogP contribution is 2.24. The van der Waals surface area contributed by atoms with Crippen LogP contribution in [0.1, 0.15) is 11.1 Å². The Labute approximate surface area is 177 Å². The molecule has 8 heteroatoms. The summed E-state index contributed by atoms with van der Waals surface area (Å²) in [7, 11) is 0. The van der Waals surface area contributed by atoms with Crippen LogP contribution in [0.3, 0.4) is 0 Å². The predicted molar refractivity (Wildman–Crippen MR) is 113 cm³/mol. The fourth-order valence-electron chi connectivity index (χ4n) is 2.19. The third-order valence-electron chi connectivity index (χ3n) is 3.45. The van der Waals surface area contributed by atoms with Gasteiger partial charge in [0.05, 0.1) is 6.61 Å². The summed E-state index contributed by atoms with van der Waals surface area (Å²) in [5, 5.41) is 16.4. The van der Waals surface area contributed by atoms with Crippen molar-refractivity contribution in [2.45, 2.75) is 13.2 Å². The van der Waals surface area contributed by atoms with Crippen LogP contribution in [0.15, 0.2) is 42.5 Å². The second-order valence-corrected chi connectivity index (χ2v) is 6.13. The Hall–Kier alpha value is -0.720. The number of benzene rings is 2. The van der Waals surface area contributed by atoms with Crippen LogP contribution >= 0.6 is 48.0 Å². The Balaban J connectivity index is 0.00000312. The molecule has 0 amide bonds. The van der Waals surface area contributed by atoms with E-state index in [1.54, 1.807) is 12.1 Å². The van der Waals surface area contributed by atoms with Crippen LogP contribution in [0.25, 0.3) is 0 Å². The van der Waals surface area contributed by atoms with E-state index in [9.17, 15) is 0 Å². The van der Waals surface area contributed by atoms with Crippen molar-refractivity contribution >= 4 is 48.0 Å². The lowest BCUT2D eigenvalue weighted by Gasteiger charge is -2.13. The number of hydrogen-bond donors (Lipinski definition) is 3. The maximum absolute atomic E-state index is 8.71. The summed E-state index contributed by atoms with van der Waals surface area (Å²) < 4.78 is 5.92. The number of halogens is 4. The van der Waals surface area contributed by atoms with E-state index in [2.05, 4.69) is 10.6 Å². The molecule has 0 spiro atoms. The highest BCUT2D eigenvalue weighted by Gasteiger charge is 2.06. The second-order valence-electron chi connectivity index (χ2n) is 5.28. The summed E-state index contributed by atoms with van der Waals surface area (Å²) in [5.41, 5.74) is 1.99. The van der Waals surface area contributed by atoms with Gasteiger partial charge in [0.15, 0.2) is 0 Å². The van der Waals surface area contributed by atoms with Gasteiger partial charge in [-0.3, -0.25) is 0 Å². The van der Waals surface area contributed by atoms with Gasteiger partial charge in [-0.05, 0) is 18.2 Å². The van der Waals surface area contributed by atoms with Crippen molar-refractivity contribution < 1.29 is 9.84 Å². The molecule has 0 aliphatic rings. The fourth-order valence-corrected chi connectivity index (χ4v) is 2.65. The van der Waals surface area contributed by atoms with Gasteiger partial charge in [0, 0.05) is 47.4 Å². The van der Waals surface area contributed by atoms with Crippen LogP contribution in [-0.2, 0) is 13.2 Å². The Bertz CT molecular complexity index is 644. The van der Waals surface area contributed by atoms with Crippen LogP contribution in [0.2, 0.25) is 10.0 Å².